The zero-order valence-corrected chi connectivity index (χ0v) is 11.3. The van der Waals surface area contributed by atoms with E-state index in [0.717, 1.165) is 24.8 Å². The largest absolute Gasteiger partial charge is 0.508 e. The molecule has 0 heterocycles. The van der Waals surface area contributed by atoms with E-state index in [-0.39, 0.29) is 18.2 Å². The first-order chi connectivity index (χ1) is 8.20. The third kappa shape index (κ3) is 2.12. The Hall–Kier alpha value is -0.730. The lowest BCUT2D eigenvalue weighted by Crippen LogP contribution is -2.40. The minimum absolute atomic E-state index is 0. The van der Waals surface area contributed by atoms with Crippen LogP contribution in [0.3, 0.4) is 0 Å². The number of phenols is 1. The van der Waals surface area contributed by atoms with E-state index in [4.69, 9.17) is 0 Å². The first-order valence-electron chi connectivity index (χ1n) is 6.72. The van der Waals surface area contributed by atoms with E-state index in [1.807, 2.05) is 12.1 Å². The van der Waals surface area contributed by atoms with Gasteiger partial charge in [0.1, 0.15) is 5.75 Å². The van der Waals surface area contributed by atoms with Crippen molar-refractivity contribution in [3.05, 3.63) is 29.8 Å². The molecule has 0 amide bonds. The molecule has 3 unspecified atom stereocenters. The fourth-order valence-corrected chi connectivity index (χ4v) is 3.96. The molecule has 2 N–H and O–H groups in total. The fraction of sp³-hybridized carbons (Fsp3) is 0.600. The van der Waals surface area contributed by atoms with Gasteiger partial charge in [-0.05, 0) is 55.2 Å². The van der Waals surface area contributed by atoms with Crippen molar-refractivity contribution < 1.29 is 10.2 Å². The summed E-state index contributed by atoms with van der Waals surface area (Å²) in [7, 11) is 0. The van der Waals surface area contributed by atoms with Crippen molar-refractivity contribution in [2.45, 2.75) is 44.1 Å². The SMILES string of the molecule is Cl.Oc1cccc(C2(O)CCCC3CCCC32)c1. The predicted molar refractivity (Wildman–Crippen MR) is 73.9 cm³/mol. The van der Waals surface area contributed by atoms with Crippen LogP contribution in [-0.4, -0.2) is 10.2 Å². The fourth-order valence-electron chi connectivity index (χ4n) is 3.96. The lowest BCUT2D eigenvalue weighted by Gasteiger charge is -2.42. The Morgan fingerprint density at radius 1 is 1.11 bits per heavy atom. The van der Waals surface area contributed by atoms with Crippen molar-refractivity contribution in [3.8, 4) is 5.75 Å². The third-order valence-electron chi connectivity index (χ3n) is 4.75. The van der Waals surface area contributed by atoms with Crippen LogP contribution in [0.4, 0.5) is 0 Å². The molecule has 2 aliphatic carbocycles. The molecule has 100 valence electrons. The van der Waals surface area contributed by atoms with Crippen LogP contribution in [0.2, 0.25) is 0 Å². The van der Waals surface area contributed by atoms with Crippen LogP contribution in [0.1, 0.15) is 44.1 Å². The molecule has 2 fully saturated rings. The summed E-state index contributed by atoms with van der Waals surface area (Å²) in [4.78, 5) is 0. The maximum Gasteiger partial charge on any atom is 0.115 e. The summed E-state index contributed by atoms with van der Waals surface area (Å²) in [5.41, 5.74) is 0.215. The number of halogens is 1. The summed E-state index contributed by atoms with van der Waals surface area (Å²) in [6, 6.07) is 7.20. The van der Waals surface area contributed by atoms with Crippen molar-refractivity contribution in [3.63, 3.8) is 0 Å². The van der Waals surface area contributed by atoms with Gasteiger partial charge in [0, 0.05) is 0 Å². The van der Waals surface area contributed by atoms with Crippen LogP contribution in [0.25, 0.3) is 0 Å². The number of hydrogen-bond acceptors (Lipinski definition) is 2. The summed E-state index contributed by atoms with van der Waals surface area (Å²) >= 11 is 0. The van der Waals surface area contributed by atoms with Crippen molar-refractivity contribution in [1.82, 2.24) is 0 Å². The predicted octanol–water partition coefficient (Wildman–Crippen LogP) is 3.60. The molecule has 18 heavy (non-hydrogen) atoms. The molecular weight excluding hydrogens is 248 g/mol. The number of fused-ring (bicyclic) bond motifs is 1. The molecule has 2 nitrogen and oxygen atoms in total. The van der Waals surface area contributed by atoms with E-state index in [1.54, 1.807) is 12.1 Å². The Morgan fingerprint density at radius 3 is 2.67 bits per heavy atom. The van der Waals surface area contributed by atoms with E-state index in [9.17, 15) is 10.2 Å². The molecule has 0 saturated heterocycles. The maximum atomic E-state index is 11.0. The highest BCUT2D eigenvalue weighted by atomic mass is 35.5. The summed E-state index contributed by atoms with van der Waals surface area (Å²) in [5.74, 6) is 1.35. The third-order valence-corrected chi connectivity index (χ3v) is 4.75. The van der Waals surface area contributed by atoms with Gasteiger partial charge in [-0.2, -0.15) is 0 Å². The summed E-state index contributed by atoms with van der Waals surface area (Å²) < 4.78 is 0. The van der Waals surface area contributed by atoms with Crippen molar-refractivity contribution in [1.29, 1.82) is 0 Å². The van der Waals surface area contributed by atoms with Crippen molar-refractivity contribution in [2.24, 2.45) is 11.8 Å². The highest BCUT2D eigenvalue weighted by Gasteiger charge is 2.47. The van der Waals surface area contributed by atoms with Crippen LogP contribution in [0.15, 0.2) is 24.3 Å². The molecule has 0 spiro atoms. The van der Waals surface area contributed by atoms with E-state index >= 15 is 0 Å². The minimum Gasteiger partial charge on any atom is -0.508 e. The van der Waals surface area contributed by atoms with Gasteiger partial charge in [0.2, 0.25) is 0 Å². The zero-order valence-electron chi connectivity index (χ0n) is 10.5. The number of aromatic hydroxyl groups is 1. The smallest absolute Gasteiger partial charge is 0.115 e. The monoisotopic (exact) mass is 268 g/mol. The molecule has 3 rings (SSSR count). The molecule has 0 aliphatic heterocycles. The highest BCUT2D eigenvalue weighted by Crippen LogP contribution is 2.52. The standard InChI is InChI=1S/C15H20O2.ClH/c16-13-7-2-6-12(10-13)15(17)9-3-5-11-4-1-8-14(11)15;/h2,6-7,10-11,14,16-17H,1,3-5,8-9H2;1H. The maximum absolute atomic E-state index is 11.0. The lowest BCUT2D eigenvalue weighted by molar-refractivity contribution is -0.0701. The zero-order chi connectivity index (χ0) is 11.9. The van der Waals surface area contributed by atoms with Gasteiger partial charge >= 0.3 is 0 Å². The number of benzene rings is 1. The molecule has 0 aromatic heterocycles. The molecule has 1 aromatic carbocycles. The van der Waals surface area contributed by atoms with E-state index in [2.05, 4.69) is 0 Å². The van der Waals surface area contributed by atoms with Crippen molar-refractivity contribution >= 4 is 12.4 Å². The lowest BCUT2D eigenvalue weighted by atomic mass is 9.67. The molecule has 0 bridgehead atoms. The highest BCUT2D eigenvalue weighted by molar-refractivity contribution is 5.85. The Bertz CT molecular complexity index is 421. The van der Waals surface area contributed by atoms with Crippen molar-refractivity contribution in [2.75, 3.05) is 0 Å². The van der Waals surface area contributed by atoms with Gasteiger partial charge in [-0.1, -0.05) is 25.0 Å². The topological polar surface area (TPSA) is 40.5 Å². The Labute approximate surface area is 114 Å². The van der Waals surface area contributed by atoms with Crippen LogP contribution < -0.4 is 0 Å². The van der Waals surface area contributed by atoms with Crippen LogP contribution in [0.5, 0.6) is 5.75 Å². The Kier molecular flexibility index (Phi) is 3.88. The van der Waals surface area contributed by atoms with Gasteiger partial charge in [0.15, 0.2) is 0 Å². The second kappa shape index (κ2) is 5.10. The molecule has 1 aromatic rings. The molecular formula is C15H21ClO2. The average Bonchev–Trinajstić information content (AvgIpc) is 2.79. The van der Waals surface area contributed by atoms with E-state index in [1.165, 1.54) is 19.3 Å². The van der Waals surface area contributed by atoms with Crippen LogP contribution >= 0.6 is 12.4 Å². The van der Waals surface area contributed by atoms with E-state index < -0.39 is 5.60 Å². The summed E-state index contributed by atoms with van der Waals surface area (Å²) in [6.07, 6.45) is 6.87. The number of rotatable bonds is 1. The second-order valence-electron chi connectivity index (χ2n) is 5.66. The molecule has 3 atom stereocenters. The Balaban J connectivity index is 0.00000120. The molecule has 2 aliphatic rings. The summed E-state index contributed by atoms with van der Waals surface area (Å²) in [6.45, 7) is 0. The summed E-state index contributed by atoms with van der Waals surface area (Å²) in [5, 5.41) is 20.6. The number of phenolic OH excluding ortho intramolecular Hbond substituents is 1. The first-order valence-corrected chi connectivity index (χ1v) is 6.72. The van der Waals surface area contributed by atoms with Gasteiger partial charge in [-0.15, -0.1) is 12.4 Å². The van der Waals surface area contributed by atoms with E-state index in [0.29, 0.717) is 11.8 Å². The van der Waals surface area contributed by atoms with Gasteiger partial charge in [0.05, 0.1) is 5.60 Å². The quantitative estimate of drug-likeness (QED) is 0.817. The molecule has 2 saturated carbocycles. The number of hydrogen-bond donors (Lipinski definition) is 2. The minimum atomic E-state index is -0.696. The van der Waals surface area contributed by atoms with Crippen LogP contribution in [-0.2, 0) is 5.60 Å². The van der Waals surface area contributed by atoms with Gasteiger partial charge in [-0.3, -0.25) is 0 Å². The van der Waals surface area contributed by atoms with Gasteiger partial charge in [-0.25, -0.2) is 0 Å². The average molecular weight is 269 g/mol. The molecule has 3 heteroatoms. The molecule has 0 radical (unpaired) electrons. The van der Waals surface area contributed by atoms with Gasteiger partial charge < -0.3 is 10.2 Å². The normalized spacial score (nSPS) is 34.7. The first kappa shape index (κ1) is 13.7. The second-order valence-corrected chi connectivity index (χ2v) is 5.66. The number of aliphatic hydroxyl groups is 1. The van der Waals surface area contributed by atoms with Crippen LogP contribution in [0, 0.1) is 11.8 Å². The Morgan fingerprint density at radius 2 is 1.89 bits per heavy atom. The van der Waals surface area contributed by atoms with Gasteiger partial charge in [0.25, 0.3) is 0 Å².